The van der Waals surface area contributed by atoms with Gasteiger partial charge in [-0.05, 0) is 40.4 Å². The van der Waals surface area contributed by atoms with Gasteiger partial charge in [0, 0.05) is 12.0 Å². The smallest absolute Gasteiger partial charge is 0.271 e. The topological polar surface area (TPSA) is 84.5 Å². The van der Waals surface area contributed by atoms with E-state index in [2.05, 4.69) is 10.0 Å². The first-order valence-corrected chi connectivity index (χ1v) is 12.5. The summed E-state index contributed by atoms with van der Waals surface area (Å²) in [5.41, 5.74) is 1.43. The maximum absolute atomic E-state index is 13.4. The molecule has 0 saturated heterocycles. The van der Waals surface area contributed by atoms with E-state index in [4.69, 9.17) is 4.74 Å². The number of hydrogen-bond donors (Lipinski definition) is 2. The predicted octanol–water partition coefficient (Wildman–Crippen LogP) is 4.96. The fraction of sp³-hybridized carbons (Fsp3) is 0.125. The molecule has 162 valence electrons. The minimum absolute atomic E-state index is 0.190. The van der Waals surface area contributed by atoms with Crippen molar-refractivity contribution in [2.24, 2.45) is 0 Å². The van der Waals surface area contributed by atoms with Crippen molar-refractivity contribution in [1.29, 1.82) is 0 Å². The Kier molecular flexibility index (Phi) is 5.32. The summed E-state index contributed by atoms with van der Waals surface area (Å²) >= 11 is 1.12. The molecule has 1 unspecified atom stereocenters. The molecule has 0 saturated carbocycles. The number of benzene rings is 3. The highest BCUT2D eigenvalue weighted by Crippen LogP contribution is 2.33. The zero-order valence-corrected chi connectivity index (χ0v) is 18.6. The molecule has 0 aliphatic carbocycles. The van der Waals surface area contributed by atoms with Crippen molar-refractivity contribution >= 4 is 43.7 Å². The minimum atomic E-state index is -3.81. The third-order valence-electron chi connectivity index (χ3n) is 5.40. The van der Waals surface area contributed by atoms with Gasteiger partial charge in [-0.2, -0.15) is 0 Å². The van der Waals surface area contributed by atoms with Crippen molar-refractivity contribution in [3.05, 3.63) is 89.3 Å². The van der Waals surface area contributed by atoms with Crippen molar-refractivity contribution in [2.45, 2.75) is 16.7 Å². The Labute approximate surface area is 189 Å². The SMILES string of the molecule is O=C(NC1CCOc2ccccc21)c1cc2ccccc2cc1NS(=O)(=O)c1cccs1. The van der Waals surface area contributed by atoms with Gasteiger partial charge in [0.05, 0.1) is 23.9 Å². The highest BCUT2D eigenvalue weighted by Gasteiger charge is 2.26. The fourth-order valence-corrected chi connectivity index (χ4v) is 5.92. The van der Waals surface area contributed by atoms with Gasteiger partial charge in [-0.3, -0.25) is 9.52 Å². The summed E-state index contributed by atoms with van der Waals surface area (Å²) in [6.07, 6.45) is 0.632. The second kappa shape index (κ2) is 8.29. The van der Waals surface area contributed by atoms with Gasteiger partial charge in [0.2, 0.25) is 0 Å². The van der Waals surface area contributed by atoms with Crippen LogP contribution in [0.2, 0.25) is 0 Å². The molecular weight excluding hydrogens is 444 g/mol. The van der Waals surface area contributed by atoms with Crippen LogP contribution in [0.1, 0.15) is 28.4 Å². The molecule has 3 aromatic carbocycles. The second-order valence-corrected chi connectivity index (χ2v) is 10.3. The van der Waals surface area contributed by atoms with Crippen LogP contribution in [0, 0.1) is 0 Å². The first kappa shape index (κ1) is 20.5. The van der Waals surface area contributed by atoms with Crippen LogP contribution in [0.5, 0.6) is 5.75 Å². The predicted molar refractivity (Wildman–Crippen MR) is 126 cm³/mol. The van der Waals surface area contributed by atoms with Crippen LogP contribution < -0.4 is 14.8 Å². The molecule has 1 amide bonds. The standard InChI is InChI=1S/C24H20N2O4S2/c27-24(25-20-11-12-30-22-9-4-3-8-18(20)22)19-14-16-6-1-2-7-17(16)15-21(19)26-32(28,29)23-10-5-13-31-23/h1-10,13-15,20,26H,11-12H2,(H,25,27). The van der Waals surface area contributed by atoms with E-state index in [-0.39, 0.29) is 27.4 Å². The van der Waals surface area contributed by atoms with Crippen molar-refractivity contribution in [3.63, 3.8) is 0 Å². The van der Waals surface area contributed by atoms with E-state index >= 15 is 0 Å². The van der Waals surface area contributed by atoms with E-state index in [1.807, 2.05) is 48.5 Å². The number of thiophene rings is 1. The maximum atomic E-state index is 13.4. The molecule has 1 aliphatic rings. The summed E-state index contributed by atoms with van der Waals surface area (Å²) in [6.45, 7) is 0.498. The first-order valence-electron chi connectivity index (χ1n) is 10.1. The lowest BCUT2D eigenvalue weighted by molar-refractivity contribution is 0.0926. The number of amides is 1. The molecule has 5 rings (SSSR count). The van der Waals surface area contributed by atoms with Crippen molar-refractivity contribution in [1.82, 2.24) is 5.32 Å². The molecule has 2 N–H and O–H groups in total. The molecule has 1 aliphatic heterocycles. The van der Waals surface area contributed by atoms with E-state index in [0.717, 1.165) is 33.4 Å². The molecule has 8 heteroatoms. The van der Waals surface area contributed by atoms with E-state index in [0.29, 0.717) is 13.0 Å². The number of sulfonamides is 1. The number of hydrogen-bond acceptors (Lipinski definition) is 5. The van der Waals surface area contributed by atoms with Gasteiger partial charge in [-0.15, -0.1) is 11.3 Å². The van der Waals surface area contributed by atoms with Gasteiger partial charge in [-0.25, -0.2) is 8.42 Å². The summed E-state index contributed by atoms with van der Waals surface area (Å²) in [7, 11) is -3.81. The highest BCUT2D eigenvalue weighted by molar-refractivity contribution is 7.94. The summed E-state index contributed by atoms with van der Waals surface area (Å²) in [5.74, 6) is 0.405. The van der Waals surface area contributed by atoms with Gasteiger partial charge >= 0.3 is 0 Å². The number of ether oxygens (including phenoxy) is 1. The third kappa shape index (κ3) is 3.94. The average molecular weight is 465 g/mol. The number of para-hydroxylation sites is 1. The Bertz CT molecular complexity index is 1400. The maximum Gasteiger partial charge on any atom is 0.271 e. The monoisotopic (exact) mass is 464 g/mol. The largest absolute Gasteiger partial charge is 0.493 e. The number of carbonyl (C=O) groups is 1. The van der Waals surface area contributed by atoms with E-state index < -0.39 is 10.0 Å². The van der Waals surface area contributed by atoms with Crippen LogP contribution in [-0.4, -0.2) is 20.9 Å². The first-order chi connectivity index (χ1) is 15.5. The van der Waals surface area contributed by atoms with Gasteiger partial charge in [0.25, 0.3) is 15.9 Å². The molecule has 1 atom stereocenters. The average Bonchev–Trinajstić information content (AvgIpc) is 3.35. The van der Waals surface area contributed by atoms with Crippen LogP contribution in [0.4, 0.5) is 5.69 Å². The summed E-state index contributed by atoms with van der Waals surface area (Å²) in [4.78, 5) is 13.4. The van der Waals surface area contributed by atoms with Crippen molar-refractivity contribution < 1.29 is 17.9 Å². The van der Waals surface area contributed by atoms with Crippen LogP contribution in [-0.2, 0) is 10.0 Å². The number of fused-ring (bicyclic) bond motifs is 2. The normalized spacial score (nSPS) is 15.6. The van der Waals surface area contributed by atoms with Crippen LogP contribution in [0.15, 0.2) is 82.4 Å². The van der Waals surface area contributed by atoms with Gasteiger partial charge in [0.15, 0.2) is 0 Å². The molecule has 0 bridgehead atoms. The molecule has 6 nitrogen and oxygen atoms in total. The fourth-order valence-electron chi connectivity index (χ4n) is 3.85. The summed E-state index contributed by atoms with van der Waals surface area (Å²) < 4.78 is 34.3. The molecule has 0 fully saturated rings. The van der Waals surface area contributed by atoms with E-state index in [1.54, 1.807) is 23.6 Å². The molecule has 2 heterocycles. The lowest BCUT2D eigenvalue weighted by Gasteiger charge is -2.27. The van der Waals surface area contributed by atoms with E-state index in [9.17, 15) is 13.2 Å². The lowest BCUT2D eigenvalue weighted by atomic mass is 9.99. The minimum Gasteiger partial charge on any atom is -0.493 e. The molecule has 1 aromatic heterocycles. The molecule has 0 radical (unpaired) electrons. The Hall–Kier alpha value is -3.36. The lowest BCUT2D eigenvalue weighted by Crippen LogP contribution is -2.32. The summed E-state index contributed by atoms with van der Waals surface area (Å²) in [5, 5.41) is 6.45. The highest BCUT2D eigenvalue weighted by atomic mass is 32.2. The Balaban J connectivity index is 1.53. The van der Waals surface area contributed by atoms with Gasteiger partial charge < -0.3 is 10.1 Å². The van der Waals surface area contributed by atoms with Crippen molar-refractivity contribution in [3.8, 4) is 5.75 Å². The molecule has 0 spiro atoms. The van der Waals surface area contributed by atoms with Crippen molar-refractivity contribution in [2.75, 3.05) is 11.3 Å². The van der Waals surface area contributed by atoms with Crippen LogP contribution in [0.25, 0.3) is 10.8 Å². The molecular formula is C24H20N2O4S2. The quantitative estimate of drug-likeness (QED) is 0.437. The van der Waals surface area contributed by atoms with Gasteiger partial charge in [0.1, 0.15) is 9.96 Å². The second-order valence-electron chi connectivity index (χ2n) is 7.48. The van der Waals surface area contributed by atoms with Crippen LogP contribution >= 0.6 is 11.3 Å². The Morgan fingerprint density at radius 2 is 1.72 bits per heavy atom. The third-order valence-corrected chi connectivity index (χ3v) is 8.16. The van der Waals surface area contributed by atoms with E-state index in [1.165, 1.54) is 6.07 Å². The number of rotatable bonds is 5. The Morgan fingerprint density at radius 3 is 2.50 bits per heavy atom. The Morgan fingerprint density at radius 1 is 0.969 bits per heavy atom. The van der Waals surface area contributed by atoms with Gasteiger partial charge in [-0.1, -0.05) is 48.5 Å². The number of anilines is 1. The summed E-state index contributed by atoms with van der Waals surface area (Å²) in [6, 6.07) is 21.6. The number of carbonyl (C=O) groups excluding carboxylic acids is 1. The molecule has 4 aromatic rings. The van der Waals surface area contributed by atoms with Crippen LogP contribution in [0.3, 0.4) is 0 Å². The zero-order valence-electron chi connectivity index (χ0n) is 16.9. The number of nitrogens with one attached hydrogen (secondary N) is 2. The zero-order chi connectivity index (χ0) is 22.1. The molecule has 32 heavy (non-hydrogen) atoms.